The van der Waals surface area contributed by atoms with Gasteiger partial charge in [0.05, 0.1) is 17.4 Å². The number of carbonyl (C=O) groups is 2. The fraction of sp³-hybridized carbons (Fsp3) is 0.294. The van der Waals surface area contributed by atoms with Gasteiger partial charge in [0.2, 0.25) is 0 Å². The molecule has 2 aromatic rings. The topological polar surface area (TPSA) is 102 Å². The fourth-order valence-electron chi connectivity index (χ4n) is 2.31. The summed E-state index contributed by atoms with van der Waals surface area (Å²) in [6.07, 6.45) is 4.09. The average Bonchev–Trinajstić information content (AvgIpc) is 3.40. The van der Waals surface area contributed by atoms with E-state index in [9.17, 15) is 9.59 Å². The molecule has 26 heavy (non-hydrogen) atoms. The molecule has 1 aromatic heterocycles. The molecule has 0 atom stereocenters. The fourth-order valence-corrected chi connectivity index (χ4v) is 2.41. The van der Waals surface area contributed by atoms with E-state index in [1.54, 1.807) is 18.2 Å². The molecule has 8 nitrogen and oxygen atoms in total. The number of ether oxygens (including phenoxy) is 2. The zero-order valence-corrected chi connectivity index (χ0v) is 15.0. The van der Waals surface area contributed by atoms with Crippen LogP contribution in [0.1, 0.15) is 18.4 Å². The van der Waals surface area contributed by atoms with E-state index in [2.05, 4.69) is 20.6 Å². The molecule has 9 heteroatoms. The molecule has 0 spiro atoms. The summed E-state index contributed by atoms with van der Waals surface area (Å²) in [6.45, 7) is 1.81. The van der Waals surface area contributed by atoms with Crippen LogP contribution in [0.4, 0.5) is 10.5 Å². The van der Waals surface area contributed by atoms with E-state index >= 15 is 0 Å². The second-order valence-corrected chi connectivity index (χ2v) is 6.31. The van der Waals surface area contributed by atoms with Gasteiger partial charge >= 0.3 is 12.0 Å². The molecule has 0 aliphatic heterocycles. The minimum atomic E-state index is -0.858. The van der Waals surface area contributed by atoms with Crippen LogP contribution in [0.5, 0.6) is 11.8 Å². The summed E-state index contributed by atoms with van der Waals surface area (Å²) in [6, 6.07) is 4.56. The van der Waals surface area contributed by atoms with E-state index in [1.165, 1.54) is 19.5 Å². The molecule has 1 aromatic carbocycles. The van der Waals surface area contributed by atoms with Crippen molar-refractivity contribution >= 4 is 29.2 Å². The van der Waals surface area contributed by atoms with Crippen LogP contribution in [0.25, 0.3) is 0 Å². The van der Waals surface area contributed by atoms with Crippen LogP contribution in [0.2, 0.25) is 5.02 Å². The molecule has 3 rings (SSSR count). The number of hydrogen-bond donors (Lipinski definition) is 2. The number of rotatable bonds is 5. The van der Waals surface area contributed by atoms with Crippen LogP contribution in [-0.2, 0) is 9.53 Å². The Balaban J connectivity index is 1.61. The first-order chi connectivity index (χ1) is 12.4. The number of urea groups is 1. The Morgan fingerprint density at radius 3 is 2.50 bits per heavy atom. The maximum absolute atomic E-state index is 12.0. The van der Waals surface area contributed by atoms with Crippen molar-refractivity contribution < 1.29 is 19.1 Å². The minimum absolute atomic E-state index is 0.163. The summed E-state index contributed by atoms with van der Waals surface area (Å²) in [4.78, 5) is 31.9. The number of aryl methyl sites for hydroxylation is 1. The van der Waals surface area contributed by atoms with Gasteiger partial charge in [0.15, 0.2) is 0 Å². The molecule has 136 valence electrons. The molecule has 0 saturated heterocycles. The van der Waals surface area contributed by atoms with Crippen molar-refractivity contribution in [3.05, 3.63) is 41.2 Å². The molecule has 1 fully saturated rings. The number of methoxy groups -OCH3 is 1. The lowest BCUT2D eigenvalue weighted by molar-refractivity contribution is -0.132. The Morgan fingerprint density at radius 2 is 1.92 bits per heavy atom. The molecule has 0 unspecified atom stereocenters. The first-order valence-electron chi connectivity index (χ1n) is 7.85. The number of carbonyl (C=O) groups excluding carboxylic acids is 2. The lowest BCUT2D eigenvalue weighted by atomic mass is 10.2. The monoisotopic (exact) mass is 376 g/mol. The van der Waals surface area contributed by atoms with Crippen LogP contribution >= 0.6 is 11.6 Å². The number of benzene rings is 1. The summed E-state index contributed by atoms with van der Waals surface area (Å²) < 4.78 is 10.7. The maximum atomic E-state index is 12.0. The predicted octanol–water partition coefficient (Wildman–Crippen LogP) is 3.06. The highest BCUT2D eigenvalue weighted by Gasteiger charge is 2.51. The van der Waals surface area contributed by atoms with Crippen molar-refractivity contribution in [2.24, 2.45) is 0 Å². The van der Waals surface area contributed by atoms with Gasteiger partial charge in [0.1, 0.15) is 11.4 Å². The van der Waals surface area contributed by atoms with Crippen molar-refractivity contribution in [2.45, 2.75) is 25.4 Å². The third kappa shape index (κ3) is 4.09. The summed E-state index contributed by atoms with van der Waals surface area (Å²) in [7, 11) is 1.46. The Bertz CT molecular complexity index is 837. The van der Waals surface area contributed by atoms with Gasteiger partial charge in [-0.25, -0.2) is 14.8 Å². The Hall–Kier alpha value is -2.71. The van der Waals surface area contributed by atoms with Crippen LogP contribution in [0, 0.1) is 6.92 Å². The Morgan fingerprint density at radius 1 is 1.23 bits per heavy atom. The number of aromatic nitrogens is 2. The number of nitrogens with zero attached hydrogens (tertiary/aromatic N) is 2. The summed E-state index contributed by atoms with van der Waals surface area (Å²) in [5, 5.41) is 5.30. The minimum Gasteiger partial charge on any atom is -0.424 e. The molecule has 3 amide bonds. The molecule has 2 N–H and O–H groups in total. The van der Waals surface area contributed by atoms with Gasteiger partial charge in [0, 0.05) is 12.8 Å². The van der Waals surface area contributed by atoms with Gasteiger partial charge in [0.25, 0.3) is 5.91 Å². The second-order valence-electron chi connectivity index (χ2n) is 5.87. The summed E-state index contributed by atoms with van der Waals surface area (Å²) in [5.41, 5.74) is 0.409. The number of halogens is 1. The molecule has 1 aliphatic carbocycles. The van der Waals surface area contributed by atoms with E-state index < -0.39 is 17.5 Å². The van der Waals surface area contributed by atoms with Crippen molar-refractivity contribution in [2.75, 3.05) is 12.4 Å². The van der Waals surface area contributed by atoms with Crippen molar-refractivity contribution in [1.82, 2.24) is 15.3 Å². The van der Waals surface area contributed by atoms with Crippen molar-refractivity contribution in [3.8, 4) is 11.8 Å². The van der Waals surface area contributed by atoms with Crippen LogP contribution in [-0.4, -0.2) is 34.6 Å². The molecule has 1 aliphatic rings. The lowest BCUT2D eigenvalue weighted by Gasteiger charge is -2.14. The number of nitrogens with one attached hydrogen (secondary N) is 2. The highest BCUT2D eigenvalue weighted by atomic mass is 35.5. The molecular formula is C17H17ClN4O4. The average molecular weight is 377 g/mol. The van der Waals surface area contributed by atoms with Crippen LogP contribution in [0.15, 0.2) is 30.6 Å². The van der Waals surface area contributed by atoms with Gasteiger partial charge in [-0.15, -0.1) is 0 Å². The molecule has 1 heterocycles. The smallest absolute Gasteiger partial charge is 0.325 e. The quantitative estimate of drug-likeness (QED) is 0.831. The van der Waals surface area contributed by atoms with Gasteiger partial charge in [-0.2, -0.15) is 0 Å². The van der Waals surface area contributed by atoms with Gasteiger partial charge in [-0.3, -0.25) is 10.1 Å². The molecule has 0 bridgehead atoms. The zero-order chi connectivity index (χ0) is 18.7. The third-order valence-electron chi connectivity index (χ3n) is 3.97. The highest BCUT2D eigenvalue weighted by Crippen LogP contribution is 2.38. The van der Waals surface area contributed by atoms with E-state index in [4.69, 9.17) is 21.1 Å². The molecule has 1 saturated carbocycles. The number of anilines is 1. The van der Waals surface area contributed by atoms with E-state index in [0.29, 0.717) is 29.3 Å². The SMILES string of the molecule is COC1(C(=O)NC(=O)Nc2ccc(Oc3ncc(Cl)cn3)c(C)c2)CC1. The Kier molecular flexibility index (Phi) is 5.06. The molecule has 0 radical (unpaired) electrons. The number of amides is 3. The highest BCUT2D eigenvalue weighted by molar-refractivity contribution is 6.30. The first-order valence-corrected chi connectivity index (χ1v) is 8.23. The standard InChI is InChI=1S/C17H17ClN4O4/c1-10-7-12(21-15(24)22-14(23)17(25-2)5-6-17)3-4-13(10)26-16-19-8-11(18)9-20-16/h3-4,7-9H,5-6H2,1-2H3,(H2,21,22,23,24). The van der Waals surface area contributed by atoms with Gasteiger partial charge < -0.3 is 14.8 Å². The normalized spacial score (nSPS) is 14.4. The van der Waals surface area contributed by atoms with Crippen molar-refractivity contribution in [3.63, 3.8) is 0 Å². The van der Waals surface area contributed by atoms with E-state index in [1.807, 2.05) is 6.92 Å². The molecular weight excluding hydrogens is 360 g/mol. The summed E-state index contributed by atoms with van der Waals surface area (Å²) >= 11 is 5.73. The van der Waals surface area contributed by atoms with Crippen LogP contribution < -0.4 is 15.4 Å². The van der Waals surface area contributed by atoms with Crippen LogP contribution in [0.3, 0.4) is 0 Å². The van der Waals surface area contributed by atoms with Crippen molar-refractivity contribution in [1.29, 1.82) is 0 Å². The lowest BCUT2D eigenvalue weighted by Crippen LogP contribution is -2.43. The first kappa shape index (κ1) is 18.1. The van der Waals surface area contributed by atoms with Gasteiger partial charge in [-0.1, -0.05) is 11.6 Å². The number of imide groups is 1. The van der Waals surface area contributed by atoms with E-state index in [-0.39, 0.29) is 6.01 Å². The maximum Gasteiger partial charge on any atom is 0.325 e. The predicted molar refractivity (Wildman–Crippen MR) is 94.4 cm³/mol. The summed E-state index contributed by atoms with van der Waals surface area (Å²) in [5.74, 6) is 0.0970. The Labute approximate surface area is 154 Å². The number of hydrogen-bond acceptors (Lipinski definition) is 6. The third-order valence-corrected chi connectivity index (χ3v) is 4.16. The largest absolute Gasteiger partial charge is 0.424 e. The van der Waals surface area contributed by atoms with E-state index in [0.717, 1.165) is 5.56 Å². The zero-order valence-electron chi connectivity index (χ0n) is 14.2. The second kappa shape index (κ2) is 7.27. The van der Waals surface area contributed by atoms with Gasteiger partial charge in [-0.05, 0) is 43.5 Å².